The van der Waals surface area contributed by atoms with Gasteiger partial charge < -0.3 is 19.7 Å². The summed E-state index contributed by atoms with van der Waals surface area (Å²) in [5.41, 5.74) is -0.356. The van der Waals surface area contributed by atoms with Crippen molar-refractivity contribution in [3.05, 3.63) is 29.6 Å². The molecule has 0 aliphatic carbocycles. The molecule has 1 aliphatic rings. The van der Waals surface area contributed by atoms with Crippen LogP contribution in [0.3, 0.4) is 0 Å². The lowest BCUT2D eigenvalue weighted by atomic mass is 9.96. The number of nitrogens with zero attached hydrogens (tertiary/aromatic N) is 1. The van der Waals surface area contributed by atoms with Crippen molar-refractivity contribution in [1.82, 2.24) is 0 Å². The molecule has 1 aromatic carbocycles. The minimum atomic E-state index is -1.44. The number of aliphatic hydroxyl groups excluding tert-OH is 2. The van der Waals surface area contributed by atoms with Crippen LogP contribution in [0, 0.1) is 11.2 Å². The van der Waals surface area contributed by atoms with E-state index in [0.717, 1.165) is 17.0 Å². The highest BCUT2D eigenvalue weighted by Gasteiger charge is 2.37. The maximum absolute atomic E-state index is 13.2. The molecule has 1 aromatic rings. The van der Waals surface area contributed by atoms with Crippen LogP contribution in [0.2, 0.25) is 0 Å². The first-order chi connectivity index (χ1) is 11.1. The fourth-order valence-electron chi connectivity index (χ4n) is 2.10. The van der Waals surface area contributed by atoms with Gasteiger partial charge in [-0.1, -0.05) is 20.8 Å². The number of benzene rings is 1. The van der Waals surface area contributed by atoms with Gasteiger partial charge in [0.05, 0.1) is 17.8 Å². The summed E-state index contributed by atoms with van der Waals surface area (Å²) in [4.78, 5) is 24.8. The van der Waals surface area contributed by atoms with Crippen molar-refractivity contribution in [1.29, 1.82) is 0 Å². The fourth-order valence-corrected chi connectivity index (χ4v) is 2.10. The molecule has 0 saturated heterocycles. The smallest absolute Gasteiger partial charge is 0.299 e. The molecule has 0 spiro atoms. The van der Waals surface area contributed by atoms with Crippen LogP contribution in [0.5, 0.6) is 0 Å². The third-order valence-electron chi connectivity index (χ3n) is 3.50. The van der Waals surface area contributed by atoms with E-state index in [9.17, 15) is 24.2 Å². The SMILES string of the molecule is CC(C)(C)C(O)OCOC(O)CN1C(=O)C(=O)c2cc(F)ccc21. The molecule has 2 N–H and O–H groups in total. The first kappa shape index (κ1) is 18.5. The van der Waals surface area contributed by atoms with Gasteiger partial charge in [-0.05, 0) is 18.2 Å². The van der Waals surface area contributed by atoms with Gasteiger partial charge in [-0.25, -0.2) is 4.39 Å². The molecule has 2 rings (SSSR count). The van der Waals surface area contributed by atoms with Gasteiger partial charge in [-0.2, -0.15) is 0 Å². The lowest BCUT2D eigenvalue weighted by molar-refractivity contribution is -0.243. The standard InChI is InChI=1S/C16H20FNO6/c1-16(2,3)15(22)24-8-23-12(19)7-18-11-5-4-9(17)6-10(11)13(20)14(18)21/h4-6,12,15,19,22H,7-8H2,1-3H3. The van der Waals surface area contributed by atoms with Gasteiger partial charge in [-0.3, -0.25) is 14.5 Å². The van der Waals surface area contributed by atoms with Crippen LogP contribution in [0.15, 0.2) is 18.2 Å². The van der Waals surface area contributed by atoms with Gasteiger partial charge in [0.2, 0.25) is 0 Å². The molecule has 0 fully saturated rings. The van der Waals surface area contributed by atoms with Crippen molar-refractivity contribution in [3.8, 4) is 0 Å². The summed E-state index contributed by atoms with van der Waals surface area (Å²) in [6.07, 6.45) is -2.53. The third kappa shape index (κ3) is 3.96. The normalized spacial score (nSPS) is 17.2. The van der Waals surface area contributed by atoms with Crippen LogP contribution in [0.1, 0.15) is 31.1 Å². The van der Waals surface area contributed by atoms with Crippen LogP contribution in [-0.4, -0.2) is 47.8 Å². The van der Waals surface area contributed by atoms with Crippen LogP contribution in [-0.2, 0) is 14.3 Å². The topological polar surface area (TPSA) is 96.3 Å². The van der Waals surface area contributed by atoms with Crippen molar-refractivity contribution in [3.63, 3.8) is 0 Å². The molecule has 2 atom stereocenters. The van der Waals surface area contributed by atoms with Gasteiger partial charge in [0.1, 0.15) is 5.82 Å². The quantitative estimate of drug-likeness (QED) is 0.593. The number of Topliss-reactive ketones (excluding diaryl/α,β-unsaturated/α-hetero) is 1. The van der Waals surface area contributed by atoms with E-state index in [0.29, 0.717) is 0 Å². The van der Waals surface area contributed by atoms with Gasteiger partial charge in [-0.15, -0.1) is 0 Å². The lowest BCUT2D eigenvalue weighted by Crippen LogP contribution is -2.38. The second kappa shape index (κ2) is 6.94. The molecule has 0 saturated carbocycles. The summed E-state index contributed by atoms with van der Waals surface area (Å²) in [6.45, 7) is 4.57. The highest BCUT2D eigenvalue weighted by molar-refractivity contribution is 6.52. The minimum absolute atomic E-state index is 0.0494. The van der Waals surface area contributed by atoms with E-state index in [2.05, 4.69) is 0 Å². The second-order valence-corrected chi connectivity index (χ2v) is 6.53. The second-order valence-electron chi connectivity index (χ2n) is 6.53. The molecule has 0 radical (unpaired) electrons. The molecule has 1 aliphatic heterocycles. The van der Waals surface area contributed by atoms with E-state index in [1.807, 2.05) is 0 Å². The number of ether oxygens (including phenoxy) is 2. The zero-order chi connectivity index (χ0) is 18.1. The van der Waals surface area contributed by atoms with Gasteiger partial charge >= 0.3 is 0 Å². The molecule has 0 aromatic heterocycles. The molecule has 1 amide bonds. The van der Waals surface area contributed by atoms with E-state index >= 15 is 0 Å². The predicted octanol–water partition coefficient (Wildman–Crippen LogP) is 1.03. The number of amides is 1. The minimum Gasteiger partial charge on any atom is -0.367 e. The first-order valence-electron chi connectivity index (χ1n) is 7.36. The Balaban J connectivity index is 1.94. The summed E-state index contributed by atoms with van der Waals surface area (Å²) in [6, 6.07) is 3.39. The molecule has 0 bridgehead atoms. The molecule has 7 nitrogen and oxygen atoms in total. The molecule has 1 heterocycles. The van der Waals surface area contributed by atoms with E-state index < -0.39 is 42.3 Å². The molecule has 8 heteroatoms. The summed E-state index contributed by atoms with van der Waals surface area (Å²) < 4.78 is 23.2. The van der Waals surface area contributed by atoms with E-state index in [1.165, 1.54) is 6.07 Å². The average molecular weight is 341 g/mol. The molecule has 2 unspecified atom stereocenters. The Morgan fingerprint density at radius 3 is 2.50 bits per heavy atom. The number of anilines is 1. The molecular weight excluding hydrogens is 321 g/mol. The Bertz CT molecular complexity index is 642. The Morgan fingerprint density at radius 2 is 1.88 bits per heavy atom. The highest BCUT2D eigenvalue weighted by atomic mass is 19.1. The van der Waals surface area contributed by atoms with E-state index in [1.54, 1.807) is 20.8 Å². The van der Waals surface area contributed by atoms with Crippen molar-refractivity contribution in [2.75, 3.05) is 18.2 Å². The Labute approximate surface area is 138 Å². The van der Waals surface area contributed by atoms with Crippen LogP contribution < -0.4 is 4.90 Å². The summed E-state index contributed by atoms with van der Waals surface area (Å²) >= 11 is 0. The van der Waals surface area contributed by atoms with Crippen molar-refractivity contribution in [2.45, 2.75) is 33.4 Å². The van der Waals surface area contributed by atoms with Crippen LogP contribution in [0.4, 0.5) is 10.1 Å². The lowest BCUT2D eigenvalue weighted by Gasteiger charge is -2.26. The number of rotatable bonds is 6. The van der Waals surface area contributed by atoms with Crippen molar-refractivity contribution < 1.29 is 33.7 Å². The number of hydrogen-bond acceptors (Lipinski definition) is 6. The Hall–Kier alpha value is -1.87. The number of hydrogen-bond donors (Lipinski definition) is 2. The van der Waals surface area contributed by atoms with Gasteiger partial charge in [0.25, 0.3) is 11.7 Å². The van der Waals surface area contributed by atoms with E-state index in [4.69, 9.17) is 9.47 Å². The zero-order valence-corrected chi connectivity index (χ0v) is 13.7. The number of fused-ring (bicyclic) bond motifs is 1. The van der Waals surface area contributed by atoms with Gasteiger partial charge in [0, 0.05) is 5.41 Å². The largest absolute Gasteiger partial charge is 0.367 e. The number of halogens is 1. The number of carbonyl (C=O) groups is 2. The number of carbonyl (C=O) groups excluding carboxylic acids is 2. The number of aliphatic hydroxyl groups is 2. The molecule has 132 valence electrons. The van der Waals surface area contributed by atoms with Gasteiger partial charge in [0.15, 0.2) is 19.4 Å². The molecular formula is C16H20FNO6. The third-order valence-corrected chi connectivity index (χ3v) is 3.50. The van der Waals surface area contributed by atoms with Crippen LogP contribution in [0.25, 0.3) is 0 Å². The van der Waals surface area contributed by atoms with Crippen LogP contribution >= 0.6 is 0 Å². The summed E-state index contributed by atoms with van der Waals surface area (Å²) in [7, 11) is 0. The number of ketones is 1. The monoisotopic (exact) mass is 341 g/mol. The maximum atomic E-state index is 13.2. The zero-order valence-electron chi connectivity index (χ0n) is 13.7. The van der Waals surface area contributed by atoms with Crippen molar-refractivity contribution in [2.24, 2.45) is 5.41 Å². The highest BCUT2D eigenvalue weighted by Crippen LogP contribution is 2.29. The maximum Gasteiger partial charge on any atom is 0.299 e. The average Bonchev–Trinajstić information content (AvgIpc) is 2.71. The predicted molar refractivity (Wildman–Crippen MR) is 81.6 cm³/mol. The fraction of sp³-hybridized carbons (Fsp3) is 0.500. The first-order valence-corrected chi connectivity index (χ1v) is 7.36. The van der Waals surface area contributed by atoms with E-state index in [-0.39, 0.29) is 17.8 Å². The Morgan fingerprint density at radius 1 is 1.21 bits per heavy atom. The Kier molecular flexibility index (Phi) is 5.34. The summed E-state index contributed by atoms with van der Waals surface area (Å²) in [5.74, 6) is -2.33. The van der Waals surface area contributed by atoms with Crippen molar-refractivity contribution >= 4 is 17.4 Å². The molecule has 24 heavy (non-hydrogen) atoms. The number of β-amino-alcohol motifs (C(OH)–C–C–N with tert-alkyl or cyclic N) is 1. The summed E-state index contributed by atoms with van der Waals surface area (Å²) in [5, 5.41) is 19.5.